The minimum Gasteiger partial charge on any atom is -0.358 e. The fraction of sp³-hybridized carbons (Fsp3) is 0.733. The van der Waals surface area contributed by atoms with Crippen LogP contribution in [0.1, 0.15) is 42.8 Å². The van der Waals surface area contributed by atoms with Crippen LogP contribution in [0, 0.1) is 0 Å². The lowest BCUT2D eigenvalue weighted by atomic mass is 10.0. The number of likely N-dealkylation sites (tertiary alicyclic amines) is 1. The number of carbonyl (C=O) groups excluding carboxylic acids is 1. The van der Waals surface area contributed by atoms with Crippen molar-refractivity contribution in [3.63, 3.8) is 0 Å². The predicted octanol–water partition coefficient (Wildman–Crippen LogP) is 2.81. The highest BCUT2D eigenvalue weighted by atomic mass is 35.5. The molecule has 2 heterocycles. The fourth-order valence-electron chi connectivity index (χ4n) is 2.84. The smallest absolute Gasteiger partial charge is 0.237 e. The normalized spacial score (nSPS) is 19.6. The molecule has 6 heteroatoms. The van der Waals surface area contributed by atoms with Crippen molar-refractivity contribution in [2.24, 2.45) is 0 Å². The van der Waals surface area contributed by atoms with Crippen LogP contribution in [0.3, 0.4) is 0 Å². The van der Waals surface area contributed by atoms with Crippen LogP contribution in [0.4, 0.5) is 0 Å². The molecule has 1 N–H and O–H groups in total. The molecular weight excluding hydrogens is 306 g/mol. The Balaban J connectivity index is 1.72. The summed E-state index contributed by atoms with van der Waals surface area (Å²) in [5.41, 5.74) is 0.979. The summed E-state index contributed by atoms with van der Waals surface area (Å²) in [6, 6.07) is 0.0754. The molecule has 21 heavy (non-hydrogen) atoms. The van der Waals surface area contributed by atoms with Gasteiger partial charge in [-0.2, -0.15) is 0 Å². The summed E-state index contributed by atoms with van der Waals surface area (Å²) in [7, 11) is 1.73. The van der Waals surface area contributed by atoms with Gasteiger partial charge in [0.2, 0.25) is 5.91 Å². The van der Waals surface area contributed by atoms with E-state index in [1.165, 1.54) is 11.4 Å². The van der Waals surface area contributed by atoms with E-state index < -0.39 is 0 Å². The highest BCUT2D eigenvalue weighted by molar-refractivity contribution is 7.09. The number of thiazole rings is 1. The van der Waals surface area contributed by atoms with E-state index in [9.17, 15) is 4.79 Å². The molecule has 1 aliphatic rings. The topological polar surface area (TPSA) is 45.2 Å². The molecule has 4 nitrogen and oxygen atoms in total. The monoisotopic (exact) mass is 329 g/mol. The second kappa shape index (κ2) is 8.71. The molecule has 2 rings (SSSR count). The van der Waals surface area contributed by atoms with Crippen LogP contribution >= 0.6 is 22.9 Å². The van der Waals surface area contributed by atoms with Crippen LogP contribution in [-0.2, 0) is 17.1 Å². The van der Waals surface area contributed by atoms with Crippen molar-refractivity contribution in [3.05, 3.63) is 16.1 Å². The summed E-state index contributed by atoms with van der Waals surface area (Å²) in [6.07, 6.45) is 6.61. The number of unbranched alkanes of at least 4 members (excludes halogenated alkanes) is 1. The number of halogens is 1. The zero-order valence-electron chi connectivity index (χ0n) is 12.6. The third kappa shape index (κ3) is 4.94. The van der Waals surface area contributed by atoms with Gasteiger partial charge < -0.3 is 5.32 Å². The maximum atomic E-state index is 11.9. The summed E-state index contributed by atoms with van der Waals surface area (Å²) in [4.78, 5) is 18.7. The number of hydrogen-bond donors (Lipinski definition) is 1. The van der Waals surface area contributed by atoms with Crippen LogP contribution in [0.2, 0.25) is 0 Å². The minimum atomic E-state index is 0.0754. The number of alkyl halides is 1. The van der Waals surface area contributed by atoms with E-state index in [1.807, 2.05) is 5.38 Å². The van der Waals surface area contributed by atoms with Crippen molar-refractivity contribution < 1.29 is 4.79 Å². The number of nitrogens with one attached hydrogen (secondary N) is 1. The third-order valence-corrected chi connectivity index (χ3v) is 5.22. The Hall–Kier alpha value is -0.650. The van der Waals surface area contributed by atoms with Crippen molar-refractivity contribution in [3.8, 4) is 0 Å². The van der Waals surface area contributed by atoms with Crippen LogP contribution in [0.5, 0.6) is 0 Å². The lowest BCUT2D eigenvalue weighted by molar-refractivity contribution is -0.127. The van der Waals surface area contributed by atoms with Gasteiger partial charge in [0, 0.05) is 12.4 Å². The van der Waals surface area contributed by atoms with Crippen LogP contribution in [0.15, 0.2) is 5.38 Å². The van der Waals surface area contributed by atoms with E-state index in [0.29, 0.717) is 5.88 Å². The Morgan fingerprint density at radius 1 is 1.52 bits per heavy atom. The van der Waals surface area contributed by atoms with Crippen molar-refractivity contribution in [2.75, 3.05) is 20.1 Å². The molecule has 0 aromatic carbocycles. The van der Waals surface area contributed by atoms with Gasteiger partial charge in [0.1, 0.15) is 0 Å². The van der Waals surface area contributed by atoms with Gasteiger partial charge >= 0.3 is 0 Å². The zero-order valence-corrected chi connectivity index (χ0v) is 14.2. The average molecular weight is 330 g/mol. The first-order chi connectivity index (χ1) is 10.2. The van der Waals surface area contributed by atoms with Gasteiger partial charge in [-0.05, 0) is 45.2 Å². The molecule has 0 spiro atoms. The minimum absolute atomic E-state index is 0.0754. The molecule has 1 aromatic rings. The lowest BCUT2D eigenvalue weighted by Gasteiger charge is -2.34. The summed E-state index contributed by atoms with van der Waals surface area (Å²) >= 11 is 7.46. The zero-order chi connectivity index (χ0) is 15.1. The molecule has 1 atom stereocenters. The van der Waals surface area contributed by atoms with Gasteiger partial charge in [-0.3, -0.25) is 9.69 Å². The summed E-state index contributed by atoms with van der Waals surface area (Å²) in [5.74, 6) is 0.666. The molecule has 1 fully saturated rings. The van der Waals surface area contributed by atoms with Gasteiger partial charge in [0.05, 0.1) is 22.6 Å². The summed E-state index contributed by atoms with van der Waals surface area (Å²) < 4.78 is 0. The maximum Gasteiger partial charge on any atom is 0.237 e. The van der Waals surface area contributed by atoms with E-state index in [-0.39, 0.29) is 11.9 Å². The number of likely N-dealkylation sites (N-methyl/N-ethyl adjacent to an activating group) is 1. The third-order valence-electron chi connectivity index (χ3n) is 3.98. The van der Waals surface area contributed by atoms with E-state index in [0.717, 1.165) is 50.9 Å². The Labute approximate surface area is 135 Å². The fourth-order valence-corrected chi connectivity index (χ4v) is 3.91. The highest BCUT2D eigenvalue weighted by Crippen LogP contribution is 2.19. The number of aromatic nitrogens is 1. The predicted molar refractivity (Wildman–Crippen MR) is 87.9 cm³/mol. The van der Waals surface area contributed by atoms with E-state index in [2.05, 4.69) is 15.2 Å². The van der Waals surface area contributed by atoms with Crippen LogP contribution in [-0.4, -0.2) is 42.0 Å². The van der Waals surface area contributed by atoms with E-state index in [4.69, 9.17) is 11.6 Å². The Morgan fingerprint density at radius 2 is 2.38 bits per heavy atom. The van der Waals surface area contributed by atoms with E-state index in [1.54, 1.807) is 18.4 Å². The first-order valence-electron chi connectivity index (χ1n) is 7.69. The molecule has 1 saturated heterocycles. The Bertz CT molecular complexity index is 452. The first kappa shape index (κ1) is 16.7. The van der Waals surface area contributed by atoms with Gasteiger partial charge in [-0.1, -0.05) is 6.42 Å². The SMILES string of the molecule is CNC(=O)C1CCCCN1CCCCc1nc(CCl)cs1. The average Bonchev–Trinajstić information content (AvgIpc) is 2.99. The van der Waals surface area contributed by atoms with Crippen molar-refractivity contribution in [2.45, 2.75) is 50.4 Å². The standard InChI is InChI=1S/C15H24ClN3OS/c1-17-15(20)13-6-2-4-8-19(13)9-5-3-7-14-18-12(10-16)11-21-14/h11,13H,2-10H2,1H3,(H,17,20). The molecule has 1 aliphatic heterocycles. The Kier molecular flexibility index (Phi) is 6.93. The first-order valence-corrected chi connectivity index (χ1v) is 9.11. The lowest BCUT2D eigenvalue weighted by Crippen LogP contribution is -2.48. The number of amides is 1. The molecule has 0 saturated carbocycles. The van der Waals surface area contributed by atoms with Crippen LogP contribution < -0.4 is 5.32 Å². The second-order valence-corrected chi connectivity index (χ2v) is 6.70. The van der Waals surface area contributed by atoms with Gasteiger partial charge in [0.25, 0.3) is 0 Å². The summed E-state index contributed by atoms with van der Waals surface area (Å²) in [6.45, 7) is 2.05. The molecule has 0 aliphatic carbocycles. The second-order valence-electron chi connectivity index (χ2n) is 5.49. The Morgan fingerprint density at radius 3 is 3.10 bits per heavy atom. The number of nitrogens with zero attached hydrogens (tertiary/aromatic N) is 2. The van der Waals surface area contributed by atoms with Crippen molar-refractivity contribution in [1.82, 2.24) is 15.2 Å². The van der Waals surface area contributed by atoms with Crippen LogP contribution in [0.25, 0.3) is 0 Å². The highest BCUT2D eigenvalue weighted by Gasteiger charge is 2.27. The number of piperidine rings is 1. The van der Waals surface area contributed by atoms with Gasteiger partial charge in [-0.15, -0.1) is 22.9 Å². The number of aryl methyl sites for hydroxylation is 1. The molecule has 1 unspecified atom stereocenters. The van der Waals surface area contributed by atoms with Crippen molar-refractivity contribution >= 4 is 28.8 Å². The number of carbonyl (C=O) groups is 1. The molecule has 0 radical (unpaired) electrons. The number of hydrogen-bond acceptors (Lipinski definition) is 4. The largest absolute Gasteiger partial charge is 0.358 e. The molecule has 0 bridgehead atoms. The molecule has 1 aromatic heterocycles. The van der Waals surface area contributed by atoms with Crippen molar-refractivity contribution in [1.29, 1.82) is 0 Å². The van der Waals surface area contributed by atoms with Gasteiger partial charge in [0.15, 0.2) is 0 Å². The molecular formula is C15H24ClN3OS. The molecule has 1 amide bonds. The van der Waals surface area contributed by atoms with E-state index >= 15 is 0 Å². The summed E-state index contributed by atoms with van der Waals surface area (Å²) in [5, 5.41) is 6.00. The molecule has 118 valence electrons. The number of rotatable bonds is 7. The van der Waals surface area contributed by atoms with Gasteiger partial charge in [-0.25, -0.2) is 4.98 Å². The quantitative estimate of drug-likeness (QED) is 0.618. The maximum absolute atomic E-state index is 11.9.